The molecule has 0 radical (unpaired) electrons. The van der Waals surface area contributed by atoms with Gasteiger partial charge in [0.05, 0.1) is 11.8 Å². The summed E-state index contributed by atoms with van der Waals surface area (Å²) >= 11 is 0. The third kappa shape index (κ3) is 2.97. The molecule has 8 nitrogen and oxygen atoms in total. The van der Waals surface area contributed by atoms with E-state index in [2.05, 4.69) is 20.1 Å². The Morgan fingerprint density at radius 3 is 2.75 bits per heavy atom. The smallest absolute Gasteiger partial charge is 0.267 e. The number of aryl methyl sites for hydroxylation is 1. The first kappa shape index (κ1) is 18.0. The van der Waals surface area contributed by atoms with Gasteiger partial charge in [-0.1, -0.05) is 13.3 Å². The van der Waals surface area contributed by atoms with Gasteiger partial charge in [-0.15, -0.1) is 0 Å². The molecule has 3 N–H and O–H groups in total. The first-order valence-electron chi connectivity index (χ1n) is 9.08. The lowest BCUT2D eigenvalue weighted by Gasteiger charge is -2.13. The summed E-state index contributed by atoms with van der Waals surface area (Å²) in [7, 11) is 0. The summed E-state index contributed by atoms with van der Waals surface area (Å²) in [5, 5.41) is 15.3. The molecule has 0 saturated carbocycles. The third-order valence-electron chi connectivity index (χ3n) is 4.77. The topological polar surface area (TPSA) is 119 Å². The minimum atomic E-state index is -0.597. The summed E-state index contributed by atoms with van der Waals surface area (Å²) in [6.07, 6.45) is 4.18. The quantitative estimate of drug-likeness (QED) is 0.552. The lowest BCUT2D eigenvalue weighted by atomic mass is 10.00. The van der Waals surface area contributed by atoms with E-state index in [1.807, 2.05) is 26.0 Å². The van der Waals surface area contributed by atoms with Gasteiger partial charge in [-0.3, -0.25) is 9.78 Å². The first-order chi connectivity index (χ1) is 13.5. The highest BCUT2D eigenvalue weighted by Gasteiger charge is 2.16. The Hall–Kier alpha value is -3.39. The Morgan fingerprint density at radius 1 is 1.21 bits per heavy atom. The minimum Gasteiger partial charge on any atom is -0.387 e. The van der Waals surface area contributed by atoms with Crippen LogP contribution in [0.3, 0.4) is 0 Å². The molecule has 4 aromatic rings. The van der Waals surface area contributed by atoms with Crippen molar-refractivity contribution >= 4 is 22.6 Å². The van der Waals surface area contributed by atoms with Gasteiger partial charge in [0.25, 0.3) is 5.91 Å². The van der Waals surface area contributed by atoms with Crippen LogP contribution >= 0.6 is 0 Å². The summed E-state index contributed by atoms with van der Waals surface area (Å²) in [5.41, 5.74) is 10.0. The molecule has 0 unspecified atom stereocenters. The fraction of sp³-hybridized carbons (Fsp3) is 0.250. The van der Waals surface area contributed by atoms with E-state index in [4.69, 9.17) is 5.73 Å². The van der Waals surface area contributed by atoms with Crippen LogP contribution in [0.5, 0.6) is 0 Å². The van der Waals surface area contributed by atoms with Gasteiger partial charge in [-0.2, -0.15) is 9.61 Å². The molecule has 0 spiro atoms. The van der Waals surface area contributed by atoms with Gasteiger partial charge in [-0.05, 0) is 43.2 Å². The molecular formula is C20H20N6O2. The number of primary amides is 1. The van der Waals surface area contributed by atoms with E-state index in [-0.39, 0.29) is 5.69 Å². The summed E-state index contributed by atoms with van der Waals surface area (Å²) < 4.78 is 1.59. The minimum absolute atomic E-state index is 0.171. The number of carbonyl (C=O) groups excluding carboxylic acids is 1. The normalized spacial score (nSPS) is 12.5. The van der Waals surface area contributed by atoms with Gasteiger partial charge in [0, 0.05) is 22.7 Å². The van der Waals surface area contributed by atoms with Crippen LogP contribution in [0.2, 0.25) is 0 Å². The molecule has 4 aromatic heterocycles. The van der Waals surface area contributed by atoms with Gasteiger partial charge in [-0.25, -0.2) is 9.97 Å². The first-order valence-corrected chi connectivity index (χ1v) is 9.08. The molecular weight excluding hydrogens is 356 g/mol. The highest BCUT2D eigenvalue weighted by atomic mass is 16.3. The van der Waals surface area contributed by atoms with E-state index in [9.17, 15) is 9.90 Å². The van der Waals surface area contributed by atoms with Crippen LogP contribution in [-0.2, 0) is 0 Å². The van der Waals surface area contributed by atoms with Crippen LogP contribution in [0.4, 0.5) is 0 Å². The number of carbonyl (C=O) groups is 1. The Kier molecular flexibility index (Phi) is 4.48. The molecule has 0 bridgehead atoms. The number of nitrogens with two attached hydrogens (primary N) is 1. The SMILES string of the molecule is CCC[C@@H](O)c1cc(C)c(-c2cc3ccc(C(N)=O)nc3n3ncnc23)cn1. The molecule has 1 atom stereocenters. The van der Waals surface area contributed by atoms with Crippen LogP contribution in [0.15, 0.2) is 36.8 Å². The van der Waals surface area contributed by atoms with Crippen molar-refractivity contribution in [1.29, 1.82) is 0 Å². The van der Waals surface area contributed by atoms with E-state index in [0.717, 1.165) is 28.5 Å². The molecule has 8 heteroatoms. The maximum atomic E-state index is 11.5. The van der Waals surface area contributed by atoms with Crippen LogP contribution in [0.25, 0.3) is 27.8 Å². The second-order valence-corrected chi connectivity index (χ2v) is 6.76. The number of hydrogen-bond acceptors (Lipinski definition) is 6. The molecule has 28 heavy (non-hydrogen) atoms. The number of pyridine rings is 3. The summed E-state index contributed by atoms with van der Waals surface area (Å²) in [6.45, 7) is 4.00. The molecule has 142 valence electrons. The van der Waals surface area contributed by atoms with Crippen molar-refractivity contribution in [1.82, 2.24) is 24.6 Å². The molecule has 0 aliphatic heterocycles. The van der Waals surface area contributed by atoms with Gasteiger partial charge in [0.1, 0.15) is 12.0 Å². The van der Waals surface area contributed by atoms with Crippen molar-refractivity contribution in [3.63, 3.8) is 0 Å². The van der Waals surface area contributed by atoms with E-state index in [1.54, 1.807) is 22.8 Å². The molecule has 4 rings (SSSR count). The second-order valence-electron chi connectivity index (χ2n) is 6.76. The highest BCUT2D eigenvalue weighted by molar-refractivity contribution is 5.95. The molecule has 0 fully saturated rings. The Bertz CT molecular complexity index is 1200. The largest absolute Gasteiger partial charge is 0.387 e. The van der Waals surface area contributed by atoms with Crippen molar-refractivity contribution in [2.45, 2.75) is 32.8 Å². The van der Waals surface area contributed by atoms with Crippen LogP contribution in [-0.4, -0.2) is 35.6 Å². The van der Waals surface area contributed by atoms with Crippen LogP contribution in [0.1, 0.15) is 47.6 Å². The Labute approximate surface area is 161 Å². The number of nitrogens with zero attached hydrogens (tertiary/aromatic N) is 5. The third-order valence-corrected chi connectivity index (χ3v) is 4.77. The lowest BCUT2D eigenvalue weighted by Crippen LogP contribution is -2.13. The zero-order valence-electron chi connectivity index (χ0n) is 15.6. The standard InChI is InChI=1S/C20H20N6O2/c1-3-4-17(27)16-7-11(2)14(9-22-16)13-8-12-5-6-15(18(21)28)25-19(12)26-20(13)23-10-24-26/h5-10,17,27H,3-4H2,1-2H3,(H2,21,28)/t17-/m1/s1. The van der Waals surface area contributed by atoms with Crippen molar-refractivity contribution in [3.05, 3.63) is 53.7 Å². The highest BCUT2D eigenvalue weighted by Crippen LogP contribution is 2.31. The predicted molar refractivity (Wildman–Crippen MR) is 105 cm³/mol. The zero-order valence-corrected chi connectivity index (χ0v) is 15.6. The van der Waals surface area contributed by atoms with Crippen molar-refractivity contribution in [2.24, 2.45) is 5.73 Å². The molecule has 0 aliphatic rings. The molecule has 0 aliphatic carbocycles. The second kappa shape index (κ2) is 6.97. The summed E-state index contributed by atoms with van der Waals surface area (Å²) in [4.78, 5) is 24.6. The molecule has 0 aromatic carbocycles. The summed E-state index contributed by atoms with van der Waals surface area (Å²) in [6, 6.07) is 7.23. The van der Waals surface area contributed by atoms with Gasteiger partial charge < -0.3 is 10.8 Å². The monoisotopic (exact) mass is 376 g/mol. The van der Waals surface area contributed by atoms with Crippen molar-refractivity contribution < 1.29 is 9.90 Å². The maximum Gasteiger partial charge on any atom is 0.267 e. The fourth-order valence-electron chi connectivity index (χ4n) is 3.34. The number of aliphatic hydroxyl groups is 1. The van der Waals surface area contributed by atoms with Gasteiger partial charge >= 0.3 is 0 Å². The van der Waals surface area contributed by atoms with Gasteiger partial charge in [0.2, 0.25) is 0 Å². The number of aliphatic hydroxyl groups excluding tert-OH is 1. The average molecular weight is 376 g/mol. The molecule has 1 amide bonds. The van der Waals surface area contributed by atoms with E-state index < -0.39 is 12.0 Å². The zero-order chi connectivity index (χ0) is 19.8. The fourth-order valence-corrected chi connectivity index (χ4v) is 3.34. The molecule has 0 saturated heterocycles. The van der Waals surface area contributed by atoms with Crippen molar-refractivity contribution in [3.8, 4) is 11.1 Å². The number of rotatable bonds is 5. The number of amides is 1. The van der Waals surface area contributed by atoms with Crippen LogP contribution < -0.4 is 5.73 Å². The van der Waals surface area contributed by atoms with Crippen LogP contribution in [0, 0.1) is 6.92 Å². The predicted octanol–water partition coefficient (Wildman–Crippen LogP) is 2.58. The van der Waals surface area contributed by atoms with Crippen molar-refractivity contribution in [2.75, 3.05) is 0 Å². The van der Waals surface area contributed by atoms with E-state index >= 15 is 0 Å². The summed E-state index contributed by atoms with van der Waals surface area (Å²) in [5.74, 6) is -0.597. The van der Waals surface area contributed by atoms with E-state index in [1.165, 1.54) is 6.33 Å². The number of aromatic nitrogens is 5. The van der Waals surface area contributed by atoms with Gasteiger partial charge in [0.15, 0.2) is 11.3 Å². The Morgan fingerprint density at radius 2 is 2.04 bits per heavy atom. The maximum absolute atomic E-state index is 11.5. The van der Waals surface area contributed by atoms with E-state index in [0.29, 0.717) is 23.4 Å². The average Bonchev–Trinajstić information content (AvgIpc) is 3.17. The lowest BCUT2D eigenvalue weighted by molar-refractivity contribution is 0.0996. The number of fused-ring (bicyclic) bond motifs is 3. The Balaban J connectivity index is 1.90. The number of hydrogen-bond donors (Lipinski definition) is 2. The molecule has 4 heterocycles.